The molecule has 6 heavy (non-hydrogen) atoms. The van der Waals surface area contributed by atoms with Gasteiger partial charge < -0.3 is 0 Å². The van der Waals surface area contributed by atoms with Crippen molar-refractivity contribution in [3.05, 3.63) is 0 Å². The fourth-order valence-corrected chi connectivity index (χ4v) is 1.68. The van der Waals surface area contributed by atoms with Gasteiger partial charge in [-0.15, -0.1) is 0 Å². The Kier molecular flexibility index (Phi) is 7.96. The number of hydrogen-bond acceptors (Lipinski definition) is 2. The van der Waals surface area contributed by atoms with E-state index in [0.717, 1.165) is 5.75 Å². The molecule has 0 fully saturated rings. The smallest absolute Gasteiger partial charge is 0.0454 e. The molecule has 0 aromatic carbocycles. The SMILES string of the molecule is SCCSCI. The molecule has 0 amide bonds. The number of thiol groups is 1. The minimum Gasteiger partial charge on any atom is -0.179 e. The van der Waals surface area contributed by atoms with Gasteiger partial charge in [-0.25, -0.2) is 0 Å². The Hall–Kier alpha value is 1.43. The average Bonchev–Trinajstić information content (AvgIpc) is 1.61. The third kappa shape index (κ3) is 5.43. The minimum atomic E-state index is 1.01. The molecule has 0 N–H and O–H groups in total. The van der Waals surface area contributed by atoms with Gasteiger partial charge in [0.15, 0.2) is 0 Å². The van der Waals surface area contributed by atoms with Crippen LogP contribution in [0.1, 0.15) is 0 Å². The Morgan fingerprint density at radius 2 is 2.33 bits per heavy atom. The van der Waals surface area contributed by atoms with Crippen molar-refractivity contribution in [3.8, 4) is 0 Å². The quantitative estimate of drug-likeness (QED) is 0.337. The standard InChI is InChI=1S/C3H7IS2/c4-3-6-2-1-5/h5H,1-3H2. The lowest BCUT2D eigenvalue weighted by atomic mass is 11.0. The summed E-state index contributed by atoms with van der Waals surface area (Å²) in [5, 5.41) is 0. The highest BCUT2D eigenvalue weighted by molar-refractivity contribution is 14.1. The van der Waals surface area contributed by atoms with Crippen molar-refractivity contribution in [2.45, 2.75) is 0 Å². The summed E-state index contributed by atoms with van der Waals surface area (Å²) in [7, 11) is 0. The van der Waals surface area contributed by atoms with Crippen molar-refractivity contribution in [1.82, 2.24) is 0 Å². The molecule has 0 atom stereocenters. The fraction of sp³-hybridized carbons (Fsp3) is 1.00. The second kappa shape index (κ2) is 6.43. The number of rotatable bonds is 3. The number of thioether (sulfide) groups is 1. The van der Waals surface area contributed by atoms with Crippen molar-refractivity contribution < 1.29 is 0 Å². The highest BCUT2D eigenvalue weighted by atomic mass is 127. The zero-order chi connectivity index (χ0) is 4.83. The predicted molar refractivity (Wildman–Crippen MR) is 45.2 cm³/mol. The zero-order valence-corrected chi connectivity index (χ0v) is 7.22. The van der Waals surface area contributed by atoms with Crippen molar-refractivity contribution >= 4 is 47.0 Å². The van der Waals surface area contributed by atoms with E-state index in [1.807, 2.05) is 11.8 Å². The first kappa shape index (κ1) is 7.43. The van der Waals surface area contributed by atoms with Crippen LogP contribution in [0.5, 0.6) is 0 Å². The van der Waals surface area contributed by atoms with E-state index >= 15 is 0 Å². The zero-order valence-electron chi connectivity index (χ0n) is 3.35. The van der Waals surface area contributed by atoms with Crippen LogP contribution in [0.2, 0.25) is 0 Å². The van der Waals surface area contributed by atoms with E-state index in [2.05, 4.69) is 35.2 Å². The number of alkyl halides is 1. The highest BCUT2D eigenvalue weighted by Crippen LogP contribution is 2.03. The topological polar surface area (TPSA) is 0 Å². The first-order valence-electron chi connectivity index (χ1n) is 1.66. The van der Waals surface area contributed by atoms with Crippen LogP contribution in [0.4, 0.5) is 0 Å². The molecule has 0 saturated heterocycles. The van der Waals surface area contributed by atoms with Crippen LogP contribution in [0.25, 0.3) is 0 Å². The summed E-state index contributed by atoms with van der Waals surface area (Å²) in [5.74, 6) is 2.19. The Morgan fingerprint density at radius 1 is 1.67 bits per heavy atom. The van der Waals surface area contributed by atoms with Gasteiger partial charge in [0, 0.05) is 9.51 Å². The van der Waals surface area contributed by atoms with Gasteiger partial charge in [-0.05, 0) is 5.75 Å². The molecule has 0 radical (unpaired) electrons. The van der Waals surface area contributed by atoms with Gasteiger partial charge in [-0.3, -0.25) is 0 Å². The average molecular weight is 234 g/mol. The maximum Gasteiger partial charge on any atom is 0.0454 e. The van der Waals surface area contributed by atoms with Crippen LogP contribution in [-0.4, -0.2) is 15.3 Å². The Balaban J connectivity index is 2.34. The molecule has 0 aliphatic rings. The minimum absolute atomic E-state index is 1.01. The highest BCUT2D eigenvalue weighted by Gasteiger charge is 1.76. The van der Waals surface area contributed by atoms with E-state index in [1.54, 1.807) is 0 Å². The summed E-state index contributed by atoms with van der Waals surface area (Å²) in [5.41, 5.74) is 0. The van der Waals surface area contributed by atoms with Crippen molar-refractivity contribution in [2.24, 2.45) is 0 Å². The Morgan fingerprint density at radius 3 is 2.50 bits per heavy atom. The Bertz CT molecular complexity index is 20.8. The summed E-state index contributed by atoms with van der Waals surface area (Å²) in [6.07, 6.45) is 0. The van der Waals surface area contributed by atoms with E-state index in [-0.39, 0.29) is 0 Å². The first-order valence-corrected chi connectivity index (χ1v) is 4.97. The van der Waals surface area contributed by atoms with Crippen LogP contribution in [-0.2, 0) is 0 Å². The molecular formula is C3H7IS2. The van der Waals surface area contributed by atoms with E-state index in [9.17, 15) is 0 Å². The summed E-state index contributed by atoms with van der Waals surface area (Å²) >= 11 is 8.29. The molecule has 3 heteroatoms. The molecule has 0 heterocycles. The predicted octanol–water partition coefficient (Wildman–Crippen LogP) is 2.04. The fourth-order valence-electron chi connectivity index (χ4n) is 0.119. The first-order chi connectivity index (χ1) is 2.91. The Labute approximate surface area is 62.0 Å². The summed E-state index contributed by atoms with van der Waals surface area (Å²) in [4.78, 5) is 0. The second-order valence-electron chi connectivity index (χ2n) is 0.741. The van der Waals surface area contributed by atoms with Crippen LogP contribution < -0.4 is 0 Å². The lowest BCUT2D eigenvalue weighted by Crippen LogP contribution is -1.74. The van der Waals surface area contributed by atoms with E-state index in [1.165, 1.54) is 9.51 Å². The molecule has 38 valence electrons. The third-order valence-electron chi connectivity index (χ3n) is 0.313. The van der Waals surface area contributed by atoms with Crippen LogP contribution in [0, 0.1) is 0 Å². The molecule has 0 aromatic rings. The van der Waals surface area contributed by atoms with Gasteiger partial charge >= 0.3 is 0 Å². The van der Waals surface area contributed by atoms with E-state index in [0.29, 0.717) is 0 Å². The molecule has 0 saturated carbocycles. The summed E-state index contributed by atoms with van der Waals surface area (Å²) < 4.78 is 1.19. The lowest BCUT2D eigenvalue weighted by Gasteiger charge is -1.85. The van der Waals surface area contributed by atoms with Gasteiger partial charge in [0.05, 0.1) is 0 Å². The van der Waals surface area contributed by atoms with Gasteiger partial charge in [0.2, 0.25) is 0 Å². The van der Waals surface area contributed by atoms with Gasteiger partial charge in [0.25, 0.3) is 0 Å². The monoisotopic (exact) mass is 234 g/mol. The van der Waals surface area contributed by atoms with Gasteiger partial charge in [0.1, 0.15) is 0 Å². The van der Waals surface area contributed by atoms with Gasteiger partial charge in [-0.2, -0.15) is 24.4 Å². The maximum atomic E-state index is 4.03. The molecule has 0 nitrogen and oxygen atoms in total. The molecular weight excluding hydrogens is 227 g/mol. The molecule has 0 bridgehead atoms. The molecule has 0 aliphatic carbocycles. The van der Waals surface area contributed by atoms with Crippen LogP contribution in [0.15, 0.2) is 0 Å². The van der Waals surface area contributed by atoms with Crippen molar-refractivity contribution in [3.63, 3.8) is 0 Å². The second-order valence-corrected chi connectivity index (χ2v) is 4.09. The van der Waals surface area contributed by atoms with E-state index in [4.69, 9.17) is 0 Å². The van der Waals surface area contributed by atoms with Crippen molar-refractivity contribution in [1.29, 1.82) is 0 Å². The number of halogens is 1. The molecule has 0 rings (SSSR count). The number of hydrogen-bond donors (Lipinski definition) is 1. The summed E-state index contributed by atoms with van der Waals surface area (Å²) in [6, 6.07) is 0. The lowest BCUT2D eigenvalue weighted by molar-refractivity contribution is 1.57. The van der Waals surface area contributed by atoms with E-state index < -0.39 is 0 Å². The molecule has 0 aliphatic heterocycles. The molecule has 0 spiro atoms. The van der Waals surface area contributed by atoms with Gasteiger partial charge in [-0.1, -0.05) is 22.6 Å². The van der Waals surface area contributed by atoms with Crippen LogP contribution in [0.3, 0.4) is 0 Å². The maximum absolute atomic E-state index is 4.03. The molecule has 0 unspecified atom stereocenters. The normalized spacial score (nSPS) is 9.00. The molecule has 0 aromatic heterocycles. The largest absolute Gasteiger partial charge is 0.179 e. The summed E-state index contributed by atoms with van der Waals surface area (Å²) in [6.45, 7) is 0. The van der Waals surface area contributed by atoms with Crippen molar-refractivity contribution in [2.75, 3.05) is 15.3 Å². The third-order valence-corrected chi connectivity index (χ3v) is 2.81. The van der Waals surface area contributed by atoms with Crippen LogP contribution >= 0.6 is 47.0 Å².